The molecule has 2 fully saturated rings. The lowest BCUT2D eigenvalue weighted by molar-refractivity contribution is -0.123. The van der Waals surface area contributed by atoms with Crippen molar-refractivity contribution < 1.29 is 18.7 Å². The molecule has 0 aliphatic carbocycles. The number of anilines is 1. The van der Waals surface area contributed by atoms with Gasteiger partial charge < -0.3 is 9.64 Å². The highest BCUT2D eigenvalue weighted by atomic mass is 35.5. The highest BCUT2D eigenvalue weighted by molar-refractivity contribution is 8.18. The van der Waals surface area contributed by atoms with Gasteiger partial charge in [-0.25, -0.2) is 4.39 Å². The number of carbonyl (C=O) groups excluding carboxylic acids is 2. The first kappa shape index (κ1) is 19.9. The van der Waals surface area contributed by atoms with Crippen LogP contribution in [-0.2, 0) is 16.1 Å². The second-order valence-electron chi connectivity index (χ2n) is 6.70. The fourth-order valence-corrected chi connectivity index (χ4v) is 4.20. The maximum absolute atomic E-state index is 14.6. The van der Waals surface area contributed by atoms with Crippen molar-refractivity contribution in [3.05, 3.63) is 69.3 Å². The Labute approximate surface area is 177 Å². The molecule has 0 N–H and O–H groups in total. The summed E-state index contributed by atoms with van der Waals surface area (Å²) < 4.78 is 19.9. The van der Waals surface area contributed by atoms with Crippen LogP contribution >= 0.6 is 23.4 Å². The van der Waals surface area contributed by atoms with E-state index in [9.17, 15) is 14.0 Å². The van der Waals surface area contributed by atoms with Gasteiger partial charge in [-0.05, 0) is 53.2 Å². The molecule has 2 amide bonds. The Bertz CT molecular complexity index is 974. The summed E-state index contributed by atoms with van der Waals surface area (Å²) in [5, 5.41) is 0.243. The summed E-state index contributed by atoms with van der Waals surface area (Å²) in [6, 6.07) is 11.8. The molecule has 2 aromatic rings. The molecule has 2 aromatic carbocycles. The molecule has 0 aromatic heterocycles. The third kappa shape index (κ3) is 4.47. The van der Waals surface area contributed by atoms with Gasteiger partial charge in [0.2, 0.25) is 0 Å². The van der Waals surface area contributed by atoms with Crippen molar-refractivity contribution >= 4 is 46.3 Å². The van der Waals surface area contributed by atoms with Crippen molar-refractivity contribution in [1.29, 1.82) is 0 Å². The third-order valence-electron chi connectivity index (χ3n) is 4.75. The van der Waals surface area contributed by atoms with Crippen LogP contribution in [0.15, 0.2) is 47.4 Å². The number of halogens is 2. The summed E-state index contributed by atoms with van der Waals surface area (Å²) in [7, 11) is 0. The van der Waals surface area contributed by atoms with E-state index in [2.05, 4.69) is 0 Å². The average molecular weight is 433 g/mol. The maximum Gasteiger partial charge on any atom is 0.293 e. The molecule has 0 bridgehead atoms. The van der Waals surface area contributed by atoms with Crippen LogP contribution in [0.1, 0.15) is 11.1 Å². The molecule has 8 heteroatoms. The minimum Gasteiger partial charge on any atom is -0.378 e. The van der Waals surface area contributed by atoms with Gasteiger partial charge in [-0.15, -0.1) is 0 Å². The predicted molar refractivity (Wildman–Crippen MR) is 112 cm³/mol. The summed E-state index contributed by atoms with van der Waals surface area (Å²) in [6.07, 6.45) is 1.55. The van der Waals surface area contributed by atoms with Crippen molar-refractivity contribution in [2.75, 3.05) is 31.2 Å². The molecule has 2 saturated heterocycles. The monoisotopic (exact) mass is 432 g/mol. The quantitative estimate of drug-likeness (QED) is 0.663. The Morgan fingerprint density at radius 2 is 1.83 bits per heavy atom. The van der Waals surface area contributed by atoms with E-state index >= 15 is 0 Å². The van der Waals surface area contributed by atoms with Crippen LogP contribution in [-0.4, -0.2) is 42.3 Å². The number of benzene rings is 2. The second-order valence-corrected chi connectivity index (χ2v) is 8.13. The summed E-state index contributed by atoms with van der Waals surface area (Å²) in [5.41, 5.74) is 1.86. The first-order chi connectivity index (χ1) is 14.0. The lowest BCUT2D eigenvalue weighted by Crippen LogP contribution is -2.36. The van der Waals surface area contributed by atoms with Crippen molar-refractivity contribution in [2.45, 2.75) is 6.54 Å². The van der Waals surface area contributed by atoms with E-state index in [1.165, 1.54) is 11.0 Å². The fourth-order valence-electron chi connectivity index (χ4n) is 3.23. The molecule has 0 atom stereocenters. The fraction of sp³-hybridized carbons (Fsp3) is 0.238. The van der Waals surface area contributed by atoms with Crippen LogP contribution < -0.4 is 4.90 Å². The zero-order valence-electron chi connectivity index (χ0n) is 15.4. The first-order valence-corrected chi connectivity index (χ1v) is 10.3. The van der Waals surface area contributed by atoms with Gasteiger partial charge in [-0.2, -0.15) is 0 Å². The normalized spacial score (nSPS) is 18.8. The van der Waals surface area contributed by atoms with Gasteiger partial charge in [0.25, 0.3) is 11.1 Å². The molecular formula is C21H18ClFN2O3S. The number of carbonyl (C=O) groups is 2. The Kier molecular flexibility index (Phi) is 5.89. The van der Waals surface area contributed by atoms with Crippen molar-refractivity contribution in [3.8, 4) is 0 Å². The molecule has 2 aliphatic rings. The van der Waals surface area contributed by atoms with E-state index in [4.69, 9.17) is 16.3 Å². The zero-order valence-corrected chi connectivity index (χ0v) is 17.0. The molecule has 0 saturated carbocycles. The highest BCUT2D eigenvalue weighted by Gasteiger charge is 2.35. The van der Waals surface area contributed by atoms with Crippen LogP contribution in [0, 0.1) is 5.82 Å². The third-order valence-corrected chi connectivity index (χ3v) is 5.91. The molecule has 0 radical (unpaired) electrons. The standard InChI is InChI=1S/C21H18ClFN2O3S/c22-16-4-1-14(2-5-16)13-25-20(26)19(29-21(25)27)12-15-3-6-18(17(23)11-15)24-7-9-28-10-8-24/h1-6,11-12H,7-10,13H2/b19-12-. The average Bonchev–Trinajstić information content (AvgIpc) is 2.98. The largest absolute Gasteiger partial charge is 0.378 e. The number of ether oxygens (including phenoxy) is 1. The van der Waals surface area contributed by atoms with Crippen LogP contribution in [0.2, 0.25) is 5.02 Å². The summed E-state index contributed by atoms with van der Waals surface area (Å²) in [4.78, 5) is 28.3. The van der Waals surface area contributed by atoms with Gasteiger partial charge >= 0.3 is 0 Å². The molecule has 29 heavy (non-hydrogen) atoms. The topological polar surface area (TPSA) is 49.9 Å². The number of rotatable bonds is 4. The summed E-state index contributed by atoms with van der Waals surface area (Å²) in [6.45, 7) is 2.59. The Hall–Kier alpha value is -2.35. The molecule has 4 rings (SSSR count). The highest BCUT2D eigenvalue weighted by Crippen LogP contribution is 2.34. The van der Waals surface area contributed by atoms with E-state index in [0.717, 1.165) is 17.3 Å². The lowest BCUT2D eigenvalue weighted by Gasteiger charge is -2.29. The molecule has 2 heterocycles. The van der Waals surface area contributed by atoms with Crippen LogP contribution in [0.3, 0.4) is 0 Å². The van der Waals surface area contributed by atoms with E-state index in [1.54, 1.807) is 42.5 Å². The Morgan fingerprint density at radius 1 is 1.10 bits per heavy atom. The Balaban J connectivity index is 1.50. The number of morpholine rings is 1. The van der Waals surface area contributed by atoms with Gasteiger partial charge in [0.1, 0.15) is 5.82 Å². The number of thioether (sulfide) groups is 1. The van der Waals surface area contributed by atoms with Crippen molar-refractivity contribution in [1.82, 2.24) is 4.90 Å². The van der Waals surface area contributed by atoms with Crippen molar-refractivity contribution in [3.63, 3.8) is 0 Å². The molecule has 5 nitrogen and oxygen atoms in total. The number of imide groups is 1. The SMILES string of the molecule is O=C1S/C(=C\c2ccc(N3CCOCC3)c(F)c2)C(=O)N1Cc1ccc(Cl)cc1. The first-order valence-electron chi connectivity index (χ1n) is 9.13. The van der Waals surface area contributed by atoms with Gasteiger partial charge in [-0.3, -0.25) is 14.5 Å². The molecule has 0 unspecified atom stereocenters. The van der Waals surface area contributed by atoms with Gasteiger partial charge in [0, 0.05) is 18.1 Å². The number of hydrogen-bond acceptors (Lipinski definition) is 5. The Morgan fingerprint density at radius 3 is 2.52 bits per heavy atom. The van der Waals surface area contributed by atoms with Gasteiger partial charge in [-0.1, -0.05) is 29.8 Å². The molecule has 0 spiro atoms. The van der Waals surface area contributed by atoms with Gasteiger partial charge in [0.05, 0.1) is 30.4 Å². The van der Waals surface area contributed by atoms with E-state index in [0.29, 0.717) is 42.6 Å². The molecule has 150 valence electrons. The zero-order chi connectivity index (χ0) is 20.4. The smallest absolute Gasteiger partial charge is 0.293 e. The summed E-state index contributed by atoms with van der Waals surface area (Å²) >= 11 is 6.73. The summed E-state index contributed by atoms with van der Waals surface area (Å²) in [5.74, 6) is -0.742. The van der Waals surface area contributed by atoms with Crippen LogP contribution in [0.25, 0.3) is 6.08 Å². The van der Waals surface area contributed by atoms with Crippen molar-refractivity contribution in [2.24, 2.45) is 0 Å². The molecule has 2 aliphatic heterocycles. The number of amides is 2. The van der Waals surface area contributed by atoms with E-state index in [-0.39, 0.29) is 28.4 Å². The van der Waals surface area contributed by atoms with Crippen LogP contribution in [0.4, 0.5) is 14.9 Å². The lowest BCUT2D eigenvalue weighted by atomic mass is 10.1. The predicted octanol–water partition coefficient (Wildman–Crippen LogP) is 4.55. The minimum absolute atomic E-state index is 0.170. The number of nitrogens with zero attached hydrogens (tertiary/aromatic N) is 2. The van der Waals surface area contributed by atoms with Crippen LogP contribution in [0.5, 0.6) is 0 Å². The second kappa shape index (κ2) is 8.57. The minimum atomic E-state index is -0.382. The van der Waals surface area contributed by atoms with E-state index in [1.807, 2.05) is 4.90 Å². The molecular weight excluding hydrogens is 415 g/mol. The number of hydrogen-bond donors (Lipinski definition) is 0. The maximum atomic E-state index is 14.6. The van der Waals surface area contributed by atoms with Gasteiger partial charge in [0.15, 0.2) is 0 Å². The van der Waals surface area contributed by atoms with E-state index < -0.39 is 0 Å².